The molecule has 1 aromatic rings. The fraction of sp³-hybridized carbons (Fsp3) is 0.588. The first-order valence-electron chi connectivity index (χ1n) is 7.58. The number of aryl methyl sites for hydroxylation is 1. The van der Waals surface area contributed by atoms with Crippen molar-refractivity contribution in [2.45, 2.75) is 52.6 Å². The number of amides is 1. The summed E-state index contributed by atoms with van der Waals surface area (Å²) in [4.78, 5) is 11.8. The average Bonchev–Trinajstić information content (AvgIpc) is 2.39. The van der Waals surface area contributed by atoms with E-state index in [1.807, 2.05) is 13.8 Å². The molecule has 2 N–H and O–H groups in total. The minimum absolute atomic E-state index is 0.0683. The van der Waals surface area contributed by atoms with Crippen molar-refractivity contribution in [3.63, 3.8) is 0 Å². The maximum atomic E-state index is 13.0. The van der Waals surface area contributed by atoms with Gasteiger partial charge in [0.15, 0.2) is 11.6 Å². The van der Waals surface area contributed by atoms with Gasteiger partial charge in [-0.1, -0.05) is 19.9 Å². The number of carbonyl (C=O) groups excluding carboxylic acids is 1. The monoisotopic (exact) mass is 313 g/mol. The van der Waals surface area contributed by atoms with Crippen LogP contribution in [0.4, 0.5) is 8.78 Å². The van der Waals surface area contributed by atoms with E-state index in [1.54, 1.807) is 6.92 Å². The molecule has 0 aliphatic rings. The van der Waals surface area contributed by atoms with Crippen molar-refractivity contribution in [1.29, 1.82) is 0 Å². The second-order valence-corrected chi connectivity index (χ2v) is 6.60. The predicted molar refractivity (Wildman–Crippen MR) is 82.4 cm³/mol. The lowest BCUT2D eigenvalue weighted by Gasteiger charge is -2.26. The number of rotatable bonds is 8. The van der Waals surface area contributed by atoms with Gasteiger partial charge in [-0.15, -0.1) is 0 Å². The molecule has 1 atom stereocenters. The zero-order chi connectivity index (χ0) is 16.8. The van der Waals surface area contributed by atoms with Crippen molar-refractivity contribution >= 4 is 5.91 Å². The molecular formula is C17H25F2NO2. The van der Waals surface area contributed by atoms with Crippen molar-refractivity contribution in [3.8, 4) is 0 Å². The molecule has 5 heteroatoms. The SMILES string of the molecule is CC(O)CC(C)(C)CNC(=O)CCCc1ccc(F)c(F)c1. The zero-order valence-corrected chi connectivity index (χ0v) is 13.5. The van der Waals surface area contributed by atoms with Gasteiger partial charge in [0.05, 0.1) is 6.10 Å². The maximum absolute atomic E-state index is 13.0. The van der Waals surface area contributed by atoms with Gasteiger partial charge in [0.2, 0.25) is 5.91 Å². The molecule has 124 valence electrons. The second-order valence-electron chi connectivity index (χ2n) is 6.60. The van der Waals surface area contributed by atoms with Crippen LogP contribution in [0.5, 0.6) is 0 Å². The Balaban J connectivity index is 2.30. The molecule has 0 radical (unpaired) electrons. The third kappa shape index (κ3) is 6.98. The standard InChI is InChI=1S/C17H25F2NO2/c1-12(21)10-17(2,3)11-20-16(22)6-4-5-13-7-8-14(18)15(19)9-13/h7-9,12,21H,4-6,10-11H2,1-3H3,(H,20,22). The van der Waals surface area contributed by atoms with E-state index < -0.39 is 17.7 Å². The Morgan fingerprint density at radius 2 is 2.00 bits per heavy atom. The van der Waals surface area contributed by atoms with Crippen LogP contribution in [-0.4, -0.2) is 23.7 Å². The van der Waals surface area contributed by atoms with Gasteiger partial charge in [-0.3, -0.25) is 4.79 Å². The van der Waals surface area contributed by atoms with Crippen LogP contribution in [0.1, 0.15) is 45.6 Å². The summed E-state index contributed by atoms with van der Waals surface area (Å²) < 4.78 is 25.8. The van der Waals surface area contributed by atoms with Crippen molar-refractivity contribution in [1.82, 2.24) is 5.32 Å². The zero-order valence-electron chi connectivity index (χ0n) is 13.5. The summed E-state index contributed by atoms with van der Waals surface area (Å²) in [6.07, 6.45) is 1.65. The van der Waals surface area contributed by atoms with E-state index in [-0.39, 0.29) is 11.3 Å². The summed E-state index contributed by atoms with van der Waals surface area (Å²) in [6.45, 7) is 6.20. The Morgan fingerprint density at radius 1 is 1.32 bits per heavy atom. The molecule has 0 aliphatic carbocycles. The number of benzene rings is 1. The molecule has 0 bridgehead atoms. The Bertz CT molecular complexity index is 501. The van der Waals surface area contributed by atoms with Gasteiger partial charge >= 0.3 is 0 Å². The third-order valence-electron chi connectivity index (χ3n) is 3.47. The fourth-order valence-electron chi connectivity index (χ4n) is 2.45. The van der Waals surface area contributed by atoms with E-state index in [1.165, 1.54) is 12.1 Å². The van der Waals surface area contributed by atoms with Crippen molar-refractivity contribution in [3.05, 3.63) is 35.4 Å². The Kier molecular flexibility index (Phi) is 6.94. The van der Waals surface area contributed by atoms with Crippen LogP contribution in [0.25, 0.3) is 0 Å². The number of aliphatic hydroxyl groups is 1. The Morgan fingerprint density at radius 3 is 2.59 bits per heavy atom. The van der Waals surface area contributed by atoms with E-state index in [0.29, 0.717) is 37.8 Å². The number of aliphatic hydroxyl groups excluding tert-OH is 1. The lowest BCUT2D eigenvalue weighted by atomic mass is 9.87. The van der Waals surface area contributed by atoms with Gasteiger partial charge in [-0.2, -0.15) is 0 Å². The number of halogens is 2. The summed E-state index contributed by atoms with van der Waals surface area (Å²) in [6, 6.07) is 3.80. The van der Waals surface area contributed by atoms with Gasteiger partial charge in [0.25, 0.3) is 0 Å². The molecule has 1 amide bonds. The molecule has 0 fully saturated rings. The lowest BCUT2D eigenvalue weighted by Crippen LogP contribution is -2.35. The van der Waals surface area contributed by atoms with Gasteiger partial charge in [0.1, 0.15) is 0 Å². The lowest BCUT2D eigenvalue weighted by molar-refractivity contribution is -0.121. The molecule has 22 heavy (non-hydrogen) atoms. The first-order chi connectivity index (χ1) is 10.2. The number of nitrogens with one attached hydrogen (secondary N) is 1. The largest absolute Gasteiger partial charge is 0.393 e. The first kappa shape index (κ1) is 18.6. The number of hydrogen-bond acceptors (Lipinski definition) is 2. The van der Waals surface area contributed by atoms with E-state index >= 15 is 0 Å². The highest BCUT2D eigenvalue weighted by Gasteiger charge is 2.20. The third-order valence-corrected chi connectivity index (χ3v) is 3.47. The van der Waals surface area contributed by atoms with Gasteiger partial charge < -0.3 is 10.4 Å². The summed E-state index contributed by atoms with van der Waals surface area (Å²) in [5.74, 6) is -1.79. The highest BCUT2D eigenvalue weighted by molar-refractivity contribution is 5.75. The van der Waals surface area contributed by atoms with Gasteiger partial charge in [-0.05, 0) is 49.3 Å². The maximum Gasteiger partial charge on any atom is 0.220 e. The van der Waals surface area contributed by atoms with Gasteiger partial charge in [0, 0.05) is 13.0 Å². The average molecular weight is 313 g/mol. The van der Waals surface area contributed by atoms with Gasteiger partial charge in [-0.25, -0.2) is 8.78 Å². The molecule has 0 saturated heterocycles. The van der Waals surface area contributed by atoms with Crippen molar-refractivity contribution < 1.29 is 18.7 Å². The molecular weight excluding hydrogens is 288 g/mol. The van der Waals surface area contributed by atoms with Crippen LogP contribution in [0, 0.1) is 17.0 Å². The summed E-state index contributed by atoms with van der Waals surface area (Å²) in [7, 11) is 0. The van der Waals surface area contributed by atoms with Crippen molar-refractivity contribution in [2.75, 3.05) is 6.54 Å². The van der Waals surface area contributed by atoms with Crippen LogP contribution in [-0.2, 0) is 11.2 Å². The minimum Gasteiger partial charge on any atom is -0.393 e. The summed E-state index contributed by atoms with van der Waals surface area (Å²) in [5, 5.41) is 12.2. The van der Waals surface area contributed by atoms with Crippen LogP contribution < -0.4 is 5.32 Å². The highest BCUT2D eigenvalue weighted by atomic mass is 19.2. The molecule has 3 nitrogen and oxygen atoms in total. The molecule has 0 heterocycles. The summed E-state index contributed by atoms with van der Waals surface area (Å²) >= 11 is 0. The molecule has 1 aromatic carbocycles. The van der Waals surface area contributed by atoms with E-state index in [0.717, 1.165) is 6.07 Å². The van der Waals surface area contributed by atoms with E-state index in [2.05, 4.69) is 5.32 Å². The van der Waals surface area contributed by atoms with E-state index in [9.17, 15) is 18.7 Å². The highest BCUT2D eigenvalue weighted by Crippen LogP contribution is 2.21. The number of hydrogen-bond donors (Lipinski definition) is 2. The topological polar surface area (TPSA) is 49.3 Å². The molecule has 1 rings (SSSR count). The van der Waals surface area contributed by atoms with Crippen molar-refractivity contribution in [2.24, 2.45) is 5.41 Å². The van der Waals surface area contributed by atoms with Crippen LogP contribution in [0.2, 0.25) is 0 Å². The van der Waals surface area contributed by atoms with Crippen LogP contribution in [0.3, 0.4) is 0 Å². The minimum atomic E-state index is -0.859. The first-order valence-corrected chi connectivity index (χ1v) is 7.58. The quantitative estimate of drug-likeness (QED) is 0.774. The number of carbonyl (C=O) groups is 1. The molecule has 1 unspecified atom stereocenters. The molecule has 0 aliphatic heterocycles. The molecule has 0 saturated carbocycles. The molecule has 0 spiro atoms. The van der Waals surface area contributed by atoms with Crippen LogP contribution in [0.15, 0.2) is 18.2 Å². The molecule has 0 aromatic heterocycles. The summed E-state index contributed by atoms with van der Waals surface area (Å²) in [5.41, 5.74) is 0.519. The van der Waals surface area contributed by atoms with Crippen LogP contribution >= 0.6 is 0 Å². The predicted octanol–water partition coefficient (Wildman–Crippen LogP) is 3.20. The Hall–Kier alpha value is -1.49. The fourth-order valence-corrected chi connectivity index (χ4v) is 2.45. The Labute approximate surface area is 130 Å². The second kappa shape index (κ2) is 8.22. The van der Waals surface area contributed by atoms with E-state index in [4.69, 9.17) is 0 Å². The normalized spacial score (nSPS) is 13.0. The smallest absolute Gasteiger partial charge is 0.220 e.